The number of rotatable bonds is 9. The molecule has 0 aliphatic carbocycles. The molecule has 0 spiro atoms. The van der Waals surface area contributed by atoms with Gasteiger partial charge in [-0.05, 0) is 31.4 Å². The molecule has 2 heteroatoms. The average Bonchev–Trinajstić information content (AvgIpc) is 2.38. The Morgan fingerprint density at radius 1 is 1.17 bits per heavy atom. The Morgan fingerprint density at radius 3 is 2.67 bits per heavy atom. The highest BCUT2D eigenvalue weighted by Crippen LogP contribution is 2.19. The summed E-state index contributed by atoms with van der Waals surface area (Å²) in [5, 5.41) is 3.42. The van der Waals surface area contributed by atoms with E-state index in [0.717, 1.165) is 31.9 Å². The van der Waals surface area contributed by atoms with E-state index in [4.69, 9.17) is 4.74 Å². The molecule has 0 aliphatic heterocycles. The van der Waals surface area contributed by atoms with Gasteiger partial charge in [0.2, 0.25) is 0 Å². The van der Waals surface area contributed by atoms with Crippen LogP contribution < -0.4 is 10.1 Å². The zero-order valence-corrected chi connectivity index (χ0v) is 12.0. The monoisotopic (exact) mass is 249 g/mol. The Bertz CT molecular complexity index is 325. The second-order valence-corrected chi connectivity index (χ2v) is 4.99. The van der Waals surface area contributed by atoms with Gasteiger partial charge in [0, 0.05) is 12.1 Å². The molecule has 0 bridgehead atoms. The molecule has 0 fully saturated rings. The third kappa shape index (κ3) is 5.54. The van der Waals surface area contributed by atoms with E-state index in [9.17, 15) is 0 Å². The van der Waals surface area contributed by atoms with Crippen LogP contribution in [0.4, 0.5) is 0 Å². The standard InChI is InChI=1S/C16H27NO/c1-4-8-14(3)13-18-16-10-7-6-9-15(16)12-17-11-5-2/h6-7,9-10,14,17H,4-5,8,11-13H2,1-3H3. The molecule has 2 nitrogen and oxygen atoms in total. The maximum absolute atomic E-state index is 5.94. The van der Waals surface area contributed by atoms with Gasteiger partial charge in [0.05, 0.1) is 6.61 Å². The van der Waals surface area contributed by atoms with E-state index >= 15 is 0 Å². The lowest BCUT2D eigenvalue weighted by atomic mass is 10.1. The van der Waals surface area contributed by atoms with Gasteiger partial charge in [0.25, 0.3) is 0 Å². The molecule has 0 saturated carbocycles. The molecule has 1 atom stereocenters. The number of hydrogen-bond donors (Lipinski definition) is 1. The van der Waals surface area contributed by atoms with Gasteiger partial charge in [-0.25, -0.2) is 0 Å². The van der Waals surface area contributed by atoms with Crippen LogP contribution in [-0.4, -0.2) is 13.2 Å². The van der Waals surface area contributed by atoms with Gasteiger partial charge >= 0.3 is 0 Å². The fraction of sp³-hybridized carbons (Fsp3) is 0.625. The number of nitrogens with one attached hydrogen (secondary N) is 1. The molecule has 0 aliphatic rings. The van der Waals surface area contributed by atoms with Gasteiger partial charge in [-0.3, -0.25) is 0 Å². The molecule has 1 aromatic rings. The molecule has 1 rings (SSSR count). The van der Waals surface area contributed by atoms with E-state index in [1.165, 1.54) is 18.4 Å². The summed E-state index contributed by atoms with van der Waals surface area (Å²) in [5.74, 6) is 1.66. The van der Waals surface area contributed by atoms with E-state index in [2.05, 4.69) is 44.3 Å². The van der Waals surface area contributed by atoms with Gasteiger partial charge in [-0.1, -0.05) is 45.4 Å². The molecule has 0 heterocycles. The second kappa shape index (κ2) is 8.98. The van der Waals surface area contributed by atoms with Crippen LogP contribution in [0, 0.1) is 5.92 Å². The SMILES string of the molecule is CCCNCc1ccccc1OCC(C)CCC. The van der Waals surface area contributed by atoms with Crippen LogP contribution in [0.15, 0.2) is 24.3 Å². The summed E-state index contributed by atoms with van der Waals surface area (Å²) in [4.78, 5) is 0. The minimum atomic E-state index is 0.631. The van der Waals surface area contributed by atoms with Gasteiger partial charge in [0.1, 0.15) is 5.75 Å². The van der Waals surface area contributed by atoms with Gasteiger partial charge in [-0.2, -0.15) is 0 Å². The first kappa shape index (κ1) is 15.0. The topological polar surface area (TPSA) is 21.3 Å². The van der Waals surface area contributed by atoms with Crippen molar-refractivity contribution in [2.45, 2.75) is 46.6 Å². The van der Waals surface area contributed by atoms with E-state index in [1.54, 1.807) is 0 Å². The smallest absolute Gasteiger partial charge is 0.123 e. The molecule has 1 unspecified atom stereocenters. The molecule has 0 amide bonds. The fourth-order valence-electron chi connectivity index (χ4n) is 2.00. The van der Waals surface area contributed by atoms with Crippen LogP contribution in [0.2, 0.25) is 0 Å². The average molecular weight is 249 g/mol. The summed E-state index contributed by atoms with van der Waals surface area (Å²) in [7, 11) is 0. The molecule has 1 N–H and O–H groups in total. The third-order valence-corrected chi connectivity index (χ3v) is 3.02. The third-order valence-electron chi connectivity index (χ3n) is 3.02. The van der Waals surface area contributed by atoms with Crippen LogP contribution in [-0.2, 0) is 6.54 Å². The first-order chi connectivity index (χ1) is 8.77. The summed E-state index contributed by atoms with van der Waals surface area (Å²) >= 11 is 0. The van der Waals surface area contributed by atoms with Crippen LogP contribution in [0.5, 0.6) is 5.75 Å². The van der Waals surface area contributed by atoms with Crippen molar-refractivity contribution in [1.82, 2.24) is 5.32 Å². The van der Waals surface area contributed by atoms with Crippen LogP contribution >= 0.6 is 0 Å². The van der Waals surface area contributed by atoms with E-state index in [0.29, 0.717) is 5.92 Å². The van der Waals surface area contributed by atoms with E-state index < -0.39 is 0 Å². The van der Waals surface area contributed by atoms with Crippen molar-refractivity contribution in [3.05, 3.63) is 29.8 Å². The predicted octanol–water partition coefficient (Wildman–Crippen LogP) is 4.00. The summed E-state index contributed by atoms with van der Waals surface area (Å²) < 4.78 is 5.94. The Hall–Kier alpha value is -1.02. The molecular weight excluding hydrogens is 222 g/mol. The summed E-state index contributed by atoms with van der Waals surface area (Å²) in [6.45, 7) is 9.42. The Balaban J connectivity index is 2.48. The normalized spacial score (nSPS) is 12.4. The largest absolute Gasteiger partial charge is 0.493 e. The highest BCUT2D eigenvalue weighted by atomic mass is 16.5. The molecule has 0 saturated heterocycles. The zero-order valence-electron chi connectivity index (χ0n) is 12.0. The Morgan fingerprint density at radius 2 is 1.94 bits per heavy atom. The van der Waals surface area contributed by atoms with Crippen LogP contribution in [0.25, 0.3) is 0 Å². The molecule has 102 valence electrons. The summed E-state index contributed by atoms with van der Waals surface area (Å²) in [5.41, 5.74) is 1.26. The van der Waals surface area contributed by atoms with Crippen LogP contribution in [0.3, 0.4) is 0 Å². The maximum Gasteiger partial charge on any atom is 0.123 e. The minimum Gasteiger partial charge on any atom is -0.493 e. The van der Waals surface area contributed by atoms with Crippen molar-refractivity contribution in [2.75, 3.05) is 13.2 Å². The molecule has 0 radical (unpaired) electrons. The Kier molecular flexibility index (Phi) is 7.51. The van der Waals surface area contributed by atoms with Crippen molar-refractivity contribution >= 4 is 0 Å². The second-order valence-electron chi connectivity index (χ2n) is 4.99. The van der Waals surface area contributed by atoms with Gasteiger partial charge < -0.3 is 10.1 Å². The fourth-order valence-corrected chi connectivity index (χ4v) is 2.00. The summed E-state index contributed by atoms with van der Waals surface area (Å²) in [6.07, 6.45) is 3.62. The molecule has 1 aromatic carbocycles. The number of ether oxygens (including phenoxy) is 1. The molecular formula is C16H27NO. The predicted molar refractivity (Wildman–Crippen MR) is 78.0 cm³/mol. The van der Waals surface area contributed by atoms with Crippen LogP contribution in [0.1, 0.15) is 45.6 Å². The van der Waals surface area contributed by atoms with Gasteiger partial charge in [-0.15, -0.1) is 0 Å². The van der Waals surface area contributed by atoms with E-state index in [1.807, 2.05) is 6.07 Å². The number of hydrogen-bond acceptors (Lipinski definition) is 2. The van der Waals surface area contributed by atoms with Crippen molar-refractivity contribution < 1.29 is 4.74 Å². The quantitative estimate of drug-likeness (QED) is 0.668. The lowest BCUT2D eigenvalue weighted by Gasteiger charge is -2.15. The first-order valence-electron chi connectivity index (χ1n) is 7.19. The Labute approximate surface area is 112 Å². The van der Waals surface area contributed by atoms with Gasteiger partial charge in [0.15, 0.2) is 0 Å². The van der Waals surface area contributed by atoms with Crippen molar-refractivity contribution in [3.8, 4) is 5.75 Å². The van der Waals surface area contributed by atoms with Crippen molar-refractivity contribution in [2.24, 2.45) is 5.92 Å². The summed E-state index contributed by atoms with van der Waals surface area (Å²) in [6, 6.07) is 8.33. The van der Waals surface area contributed by atoms with Crippen molar-refractivity contribution in [1.29, 1.82) is 0 Å². The molecule has 18 heavy (non-hydrogen) atoms. The van der Waals surface area contributed by atoms with E-state index in [-0.39, 0.29) is 0 Å². The highest BCUT2D eigenvalue weighted by Gasteiger charge is 2.05. The zero-order chi connectivity index (χ0) is 13.2. The lowest BCUT2D eigenvalue weighted by molar-refractivity contribution is 0.249. The minimum absolute atomic E-state index is 0.631. The number of benzene rings is 1. The maximum atomic E-state index is 5.94. The first-order valence-corrected chi connectivity index (χ1v) is 7.19. The lowest BCUT2D eigenvalue weighted by Crippen LogP contribution is -2.15. The number of para-hydroxylation sites is 1. The van der Waals surface area contributed by atoms with Crippen molar-refractivity contribution in [3.63, 3.8) is 0 Å². The molecule has 0 aromatic heterocycles. The highest BCUT2D eigenvalue weighted by molar-refractivity contribution is 5.33.